The van der Waals surface area contributed by atoms with Gasteiger partial charge in [-0.1, -0.05) is 42.5 Å². The Balaban J connectivity index is 1.47. The maximum Gasteiger partial charge on any atom is 0.162 e. The monoisotopic (exact) mass is 375 g/mol. The van der Waals surface area contributed by atoms with Crippen molar-refractivity contribution in [1.82, 2.24) is 9.97 Å². The van der Waals surface area contributed by atoms with E-state index in [9.17, 15) is 0 Å². The normalized spacial score (nSPS) is 15.6. The number of nitrogens with one attached hydrogen (secondary N) is 1. The van der Waals surface area contributed by atoms with E-state index >= 15 is 0 Å². The summed E-state index contributed by atoms with van der Waals surface area (Å²) < 4.78 is 12.1. The molecule has 0 fully saturated rings. The first-order valence-electron chi connectivity index (χ1n) is 8.77. The van der Waals surface area contributed by atoms with Gasteiger partial charge in [0.1, 0.15) is 23.6 Å². The zero-order chi connectivity index (χ0) is 18.1. The molecule has 0 saturated carbocycles. The van der Waals surface area contributed by atoms with Crippen LogP contribution in [0, 0.1) is 0 Å². The summed E-state index contributed by atoms with van der Waals surface area (Å²) in [6.07, 6.45) is 1.42. The minimum absolute atomic E-state index is 0.183. The molecule has 1 atom stereocenters. The third kappa shape index (κ3) is 3.08. The van der Waals surface area contributed by atoms with Gasteiger partial charge in [0.05, 0.1) is 5.39 Å². The Kier molecular flexibility index (Phi) is 4.10. The van der Waals surface area contributed by atoms with Crippen molar-refractivity contribution in [3.8, 4) is 11.5 Å². The molecule has 0 unspecified atom stereocenters. The Morgan fingerprint density at radius 2 is 1.81 bits per heavy atom. The molecule has 0 radical (unpaired) electrons. The zero-order valence-corrected chi connectivity index (χ0v) is 15.3. The summed E-state index contributed by atoms with van der Waals surface area (Å²) in [6, 6.07) is 18.0. The fourth-order valence-corrected chi connectivity index (χ4v) is 4.17. The number of fused-ring (bicyclic) bond motifs is 2. The number of benzene rings is 2. The van der Waals surface area contributed by atoms with E-state index in [-0.39, 0.29) is 6.10 Å². The minimum atomic E-state index is -0.183. The number of para-hydroxylation sites is 2. The van der Waals surface area contributed by atoms with Gasteiger partial charge in [-0.15, -0.1) is 11.3 Å². The molecule has 0 amide bonds. The highest BCUT2D eigenvalue weighted by Crippen LogP contribution is 2.40. The second-order valence-corrected chi connectivity index (χ2v) is 7.15. The number of hydrogen-bond acceptors (Lipinski definition) is 6. The van der Waals surface area contributed by atoms with Crippen molar-refractivity contribution < 1.29 is 9.47 Å². The summed E-state index contributed by atoms with van der Waals surface area (Å²) in [4.78, 5) is 9.85. The molecular formula is C21H17N3O2S. The fraction of sp³-hybridized carbons (Fsp3) is 0.143. The van der Waals surface area contributed by atoms with Crippen LogP contribution in [0.25, 0.3) is 10.2 Å². The van der Waals surface area contributed by atoms with Gasteiger partial charge in [0, 0.05) is 17.5 Å². The molecule has 1 aliphatic heterocycles. The van der Waals surface area contributed by atoms with Crippen LogP contribution in [0.15, 0.2) is 66.3 Å². The van der Waals surface area contributed by atoms with Gasteiger partial charge in [-0.2, -0.15) is 0 Å². The number of rotatable bonds is 4. The van der Waals surface area contributed by atoms with Gasteiger partial charge < -0.3 is 14.8 Å². The number of anilines is 1. The van der Waals surface area contributed by atoms with Gasteiger partial charge in [0.2, 0.25) is 0 Å². The molecule has 2 aromatic carbocycles. The Morgan fingerprint density at radius 3 is 2.70 bits per heavy atom. The van der Waals surface area contributed by atoms with Crippen LogP contribution in [-0.4, -0.2) is 16.6 Å². The van der Waals surface area contributed by atoms with Crippen molar-refractivity contribution in [3.63, 3.8) is 0 Å². The Morgan fingerprint density at radius 1 is 1.00 bits per heavy atom. The van der Waals surface area contributed by atoms with Crippen LogP contribution in [0.5, 0.6) is 11.5 Å². The van der Waals surface area contributed by atoms with Crippen LogP contribution < -0.4 is 14.8 Å². The van der Waals surface area contributed by atoms with E-state index in [1.54, 1.807) is 17.7 Å². The summed E-state index contributed by atoms with van der Waals surface area (Å²) in [7, 11) is 0. The summed E-state index contributed by atoms with van der Waals surface area (Å²) in [5.74, 6) is 2.37. The fourth-order valence-electron chi connectivity index (χ4n) is 3.22. The first kappa shape index (κ1) is 16.1. The smallest absolute Gasteiger partial charge is 0.162 e. The SMILES string of the molecule is c1ccc(CNc2ncnc3scc([C@@H]4COc5ccccc5O4)c23)cc1. The van der Waals surface area contributed by atoms with Gasteiger partial charge in [0.25, 0.3) is 0 Å². The highest BCUT2D eigenvalue weighted by molar-refractivity contribution is 7.17. The molecule has 27 heavy (non-hydrogen) atoms. The highest BCUT2D eigenvalue weighted by Gasteiger charge is 2.26. The summed E-state index contributed by atoms with van der Waals surface area (Å²) in [5, 5.41) is 6.55. The van der Waals surface area contributed by atoms with E-state index in [0.717, 1.165) is 33.1 Å². The van der Waals surface area contributed by atoms with Gasteiger partial charge in [-0.25, -0.2) is 9.97 Å². The van der Waals surface area contributed by atoms with Crippen LogP contribution in [-0.2, 0) is 6.54 Å². The summed E-state index contributed by atoms with van der Waals surface area (Å²) in [6.45, 7) is 1.17. The van der Waals surface area contributed by atoms with Crippen LogP contribution in [0.1, 0.15) is 17.2 Å². The third-order valence-electron chi connectivity index (χ3n) is 4.56. The first-order valence-corrected chi connectivity index (χ1v) is 9.65. The Hall–Kier alpha value is -3.12. The molecule has 6 heteroatoms. The van der Waals surface area contributed by atoms with Crippen molar-refractivity contribution in [2.45, 2.75) is 12.6 Å². The van der Waals surface area contributed by atoms with E-state index in [1.165, 1.54) is 5.56 Å². The summed E-state index contributed by atoms with van der Waals surface area (Å²) in [5.41, 5.74) is 2.26. The average Bonchev–Trinajstić information content (AvgIpc) is 3.17. The van der Waals surface area contributed by atoms with E-state index < -0.39 is 0 Å². The molecule has 0 spiro atoms. The number of aromatic nitrogens is 2. The van der Waals surface area contributed by atoms with Gasteiger partial charge in [0.15, 0.2) is 17.6 Å². The van der Waals surface area contributed by atoms with Gasteiger partial charge >= 0.3 is 0 Å². The molecule has 0 bridgehead atoms. The van der Waals surface area contributed by atoms with E-state index in [2.05, 4.69) is 32.8 Å². The van der Waals surface area contributed by atoms with Crippen LogP contribution in [0.3, 0.4) is 0 Å². The average molecular weight is 375 g/mol. The lowest BCUT2D eigenvalue weighted by atomic mass is 10.1. The first-order chi connectivity index (χ1) is 13.4. The van der Waals surface area contributed by atoms with Crippen molar-refractivity contribution in [2.24, 2.45) is 0 Å². The maximum absolute atomic E-state index is 6.20. The molecule has 2 aromatic heterocycles. The van der Waals surface area contributed by atoms with Crippen molar-refractivity contribution in [1.29, 1.82) is 0 Å². The molecule has 1 N–H and O–H groups in total. The predicted molar refractivity (Wildman–Crippen MR) is 106 cm³/mol. The van der Waals surface area contributed by atoms with E-state index in [4.69, 9.17) is 9.47 Å². The number of nitrogens with zero attached hydrogens (tertiary/aromatic N) is 2. The number of ether oxygens (including phenoxy) is 2. The predicted octanol–water partition coefficient (Wildman–Crippen LogP) is 4.82. The summed E-state index contributed by atoms with van der Waals surface area (Å²) >= 11 is 1.60. The number of thiophene rings is 1. The lowest BCUT2D eigenvalue weighted by molar-refractivity contribution is 0.0925. The lowest BCUT2D eigenvalue weighted by Gasteiger charge is -2.26. The Bertz CT molecular complexity index is 1080. The van der Waals surface area contributed by atoms with Crippen LogP contribution in [0.4, 0.5) is 5.82 Å². The lowest BCUT2D eigenvalue weighted by Crippen LogP contribution is -2.21. The van der Waals surface area contributed by atoms with Crippen molar-refractivity contribution >= 4 is 27.4 Å². The molecule has 0 saturated heterocycles. The molecule has 4 aromatic rings. The molecule has 5 rings (SSSR count). The van der Waals surface area contributed by atoms with Gasteiger partial charge in [-0.3, -0.25) is 0 Å². The maximum atomic E-state index is 6.20. The molecule has 3 heterocycles. The second kappa shape index (κ2) is 6.89. The quantitative estimate of drug-likeness (QED) is 0.554. The van der Waals surface area contributed by atoms with Crippen LogP contribution >= 0.6 is 11.3 Å². The molecule has 1 aliphatic rings. The second-order valence-electron chi connectivity index (χ2n) is 6.30. The highest BCUT2D eigenvalue weighted by atomic mass is 32.1. The topological polar surface area (TPSA) is 56.3 Å². The number of hydrogen-bond donors (Lipinski definition) is 1. The van der Waals surface area contributed by atoms with Crippen molar-refractivity contribution in [2.75, 3.05) is 11.9 Å². The van der Waals surface area contributed by atoms with E-state index in [0.29, 0.717) is 13.2 Å². The minimum Gasteiger partial charge on any atom is -0.485 e. The molecular weight excluding hydrogens is 358 g/mol. The standard InChI is InChI=1S/C21H17N3O2S/c1-2-6-14(7-3-1)10-22-20-19-15(12-27-21(19)24-13-23-20)18-11-25-16-8-4-5-9-17(16)26-18/h1-9,12-13,18H,10-11H2,(H,22,23,24)/t18-/m0/s1. The van der Waals surface area contributed by atoms with Crippen molar-refractivity contribution in [3.05, 3.63) is 77.4 Å². The molecule has 134 valence electrons. The molecule has 0 aliphatic carbocycles. The zero-order valence-electron chi connectivity index (χ0n) is 14.5. The van der Waals surface area contributed by atoms with E-state index in [1.807, 2.05) is 42.5 Å². The molecule has 5 nitrogen and oxygen atoms in total. The Labute approximate surface area is 160 Å². The van der Waals surface area contributed by atoms with Gasteiger partial charge in [-0.05, 0) is 17.7 Å². The largest absolute Gasteiger partial charge is 0.485 e. The third-order valence-corrected chi connectivity index (χ3v) is 5.46. The van der Waals surface area contributed by atoms with Crippen LogP contribution in [0.2, 0.25) is 0 Å².